The number of nitrogens with zero attached hydrogens (tertiary/aromatic N) is 5. The molecule has 0 aliphatic carbocycles. The average molecular weight is 359 g/mol. The number of hydrogen-bond donors (Lipinski definition) is 0. The van der Waals surface area contributed by atoms with Crippen molar-refractivity contribution in [2.75, 3.05) is 44.3 Å². The number of piperidine rings is 1. The van der Waals surface area contributed by atoms with E-state index in [1.165, 1.54) is 0 Å². The molecule has 2 aromatic heterocycles. The van der Waals surface area contributed by atoms with Crippen LogP contribution in [0.1, 0.15) is 23.2 Å². The fourth-order valence-corrected chi connectivity index (χ4v) is 4.35. The van der Waals surface area contributed by atoms with E-state index in [2.05, 4.69) is 20.1 Å². The lowest BCUT2D eigenvalue weighted by atomic mass is 9.80. The standard InChI is InChI=1S/C17H21N5O2S/c23-15(14-3-1-5-18-9-14)21-6-2-4-17(10-21)11-22(7-8-24-12-17)16-20-19-13-25-16/h1,3,5,9,13H,2,4,6-8,10-12H2. The number of pyridine rings is 1. The molecule has 2 aromatic rings. The van der Waals surface area contributed by atoms with Crippen LogP contribution < -0.4 is 4.90 Å². The van der Waals surface area contributed by atoms with Crippen molar-refractivity contribution in [2.45, 2.75) is 12.8 Å². The Morgan fingerprint density at radius 2 is 2.28 bits per heavy atom. The fraction of sp³-hybridized carbons (Fsp3) is 0.529. The second-order valence-corrected chi connectivity index (χ2v) is 7.58. The molecule has 2 aliphatic heterocycles. The Hall–Kier alpha value is -2.06. The maximum Gasteiger partial charge on any atom is 0.255 e. The second kappa shape index (κ2) is 7.05. The maximum absolute atomic E-state index is 12.8. The Morgan fingerprint density at radius 3 is 3.08 bits per heavy atom. The molecule has 2 saturated heterocycles. The van der Waals surface area contributed by atoms with Crippen LogP contribution in [-0.2, 0) is 4.74 Å². The lowest BCUT2D eigenvalue weighted by molar-refractivity contribution is 0.0135. The van der Waals surface area contributed by atoms with Gasteiger partial charge in [0.15, 0.2) is 0 Å². The lowest BCUT2D eigenvalue weighted by Gasteiger charge is -2.43. The van der Waals surface area contributed by atoms with Crippen LogP contribution >= 0.6 is 11.3 Å². The van der Waals surface area contributed by atoms with Crippen molar-refractivity contribution in [2.24, 2.45) is 5.41 Å². The number of hydrogen-bond acceptors (Lipinski definition) is 7. The van der Waals surface area contributed by atoms with Crippen molar-refractivity contribution in [3.05, 3.63) is 35.6 Å². The number of anilines is 1. The van der Waals surface area contributed by atoms with Crippen molar-refractivity contribution in [1.29, 1.82) is 0 Å². The predicted octanol–water partition coefficient (Wildman–Crippen LogP) is 1.69. The van der Waals surface area contributed by atoms with Crippen molar-refractivity contribution >= 4 is 22.4 Å². The Labute approximate surface area is 150 Å². The second-order valence-electron chi connectivity index (χ2n) is 6.77. The van der Waals surface area contributed by atoms with Gasteiger partial charge in [0.1, 0.15) is 5.51 Å². The summed E-state index contributed by atoms with van der Waals surface area (Å²) >= 11 is 1.55. The lowest BCUT2D eigenvalue weighted by Crippen LogP contribution is -2.52. The molecule has 25 heavy (non-hydrogen) atoms. The van der Waals surface area contributed by atoms with Crippen molar-refractivity contribution in [1.82, 2.24) is 20.1 Å². The predicted molar refractivity (Wildman–Crippen MR) is 94.7 cm³/mol. The zero-order chi connectivity index (χ0) is 17.1. The van der Waals surface area contributed by atoms with Crippen LogP contribution in [0.25, 0.3) is 0 Å². The largest absolute Gasteiger partial charge is 0.379 e. The first kappa shape index (κ1) is 16.4. The number of carbonyl (C=O) groups excluding carboxylic acids is 1. The molecule has 132 valence electrons. The summed E-state index contributed by atoms with van der Waals surface area (Å²) in [5, 5.41) is 9.10. The quantitative estimate of drug-likeness (QED) is 0.813. The van der Waals surface area contributed by atoms with E-state index in [-0.39, 0.29) is 11.3 Å². The minimum atomic E-state index is -0.0573. The van der Waals surface area contributed by atoms with Gasteiger partial charge in [-0.2, -0.15) is 0 Å². The first-order chi connectivity index (χ1) is 12.3. The minimum Gasteiger partial charge on any atom is -0.379 e. The Kier molecular flexibility index (Phi) is 4.63. The molecule has 1 atom stereocenters. The summed E-state index contributed by atoms with van der Waals surface area (Å²) in [6.07, 6.45) is 5.37. The van der Waals surface area contributed by atoms with Gasteiger partial charge in [0.05, 0.1) is 18.8 Å². The molecule has 0 N–H and O–H groups in total. The van der Waals surface area contributed by atoms with E-state index in [0.717, 1.165) is 37.6 Å². The van der Waals surface area contributed by atoms with Crippen LogP contribution in [0, 0.1) is 5.41 Å². The van der Waals surface area contributed by atoms with Gasteiger partial charge in [-0.1, -0.05) is 11.3 Å². The molecule has 0 saturated carbocycles. The fourth-order valence-electron chi connectivity index (χ4n) is 3.76. The van der Waals surface area contributed by atoms with Gasteiger partial charge >= 0.3 is 0 Å². The van der Waals surface area contributed by atoms with E-state index >= 15 is 0 Å². The summed E-state index contributed by atoms with van der Waals surface area (Å²) in [7, 11) is 0. The van der Waals surface area contributed by atoms with Crippen LogP contribution in [0.2, 0.25) is 0 Å². The highest BCUT2D eigenvalue weighted by Crippen LogP contribution is 2.35. The number of ether oxygens (including phenoxy) is 1. The van der Waals surface area contributed by atoms with E-state index in [0.29, 0.717) is 25.3 Å². The van der Waals surface area contributed by atoms with Gasteiger partial charge in [0.2, 0.25) is 5.13 Å². The SMILES string of the molecule is O=C(c1cccnc1)N1CCCC2(COCCN(c3nncs3)C2)C1. The zero-order valence-electron chi connectivity index (χ0n) is 14.0. The minimum absolute atomic E-state index is 0.0545. The van der Waals surface area contributed by atoms with Crippen molar-refractivity contribution in [3.63, 3.8) is 0 Å². The monoisotopic (exact) mass is 359 g/mol. The Bertz CT molecular complexity index is 711. The highest BCUT2D eigenvalue weighted by molar-refractivity contribution is 7.13. The highest BCUT2D eigenvalue weighted by atomic mass is 32.1. The van der Waals surface area contributed by atoms with E-state index in [9.17, 15) is 4.79 Å². The van der Waals surface area contributed by atoms with E-state index in [1.54, 1.807) is 35.3 Å². The molecule has 0 radical (unpaired) electrons. The number of aromatic nitrogens is 3. The van der Waals surface area contributed by atoms with Gasteiger partial charge in [0.25, 0.3) is 5.91 Å². The van der Waals surface area contributed by atoms with Crippen LogP contribution in [0.15, 0.2) is 30.0 Å². The molecular weight excluding hydrogens is 338 g/mol. The molecule has 1 spiro atoms. The van der Waals surface area contributed by atoms with Gasteiger partial charge in [0, 0.05) is 44.0 Å². The van der Waals surface area contributed by atoms with Crippen molar-refractivity contribution in [3.8, 4) is 0 Å². The van der Waals surface area contributed by atoms with Crippen molar-refractivity contribution < 1.29 is 9.53 Å². The third-order valence-corrected chi connectivity index (χ3v) is 5.67. The first-order valence-corrected chi connectivity index (χ1v) is 9.42. The number of carbonyl (C=O) groups is 1. The molecule has 4 heterocycles. The van der Waals surface area contributed by atoms with E-state index in [4.69, 9.17) is 4.74 Å². The summed E-state index contributed by atoms with van der Waals surface area (Å²) in [5.74, 6) is 0.0545. The number of rotatable bonds is 2. The zero-order valence-corrected chi connectivity index (χ0v) is 14.8. The molecule has 0 bridgehead atoms. The van der Waals surface area contributed by atoms with E-state index < -0.39 is 0 Å². The molecule has 1 unspecified atom stereocenters. The molecule has 7 nitrogen and oxygen atoms in total. The molecule has 2 fully saturated rings. The molecule has 4 rings (SSSR count). The summed E-state index contributed by atoms with van der Waals surface area (Å²) in [5.41, 5.74) is 2.35. The summed E-state index contributed by atoms with van der Waals surface area (Å²) < 4.78 is 5.91. The van der Waals surface area contributed by atoms with E-state index in [1.807, 2.05) is 11.0 Å². The molecule has 8 heteroatoms. The maximum atomic E-state index is 12.8. The van der Waals surface area contributed by atoms with Gasteiger partial charge in [-0.25, -0.2) is 0 Å². The molecule has 1 amide bonds. The van der Waals surface area contributed by atoms with Gasteiger partial charge in [-0.3, -0.25) is 9.78 Å². The van der Waals surface area contributed by atoms with Crippen LogP contribution in [0.3, 0.4) is 0 Å². The Balaban J connectivity index is 1.53. The third-order valence-electron chi connectivity index (χ3n) is 4.92. The van der Waals surface area contributed by atoms with Gasteiger partial charge in [-0.15, -0.1) is 10.2 Å². The topological polar surface area (TPSA) is 71.5 Å². The number of amides is 1. The van der Waals surface area contributed by atoms with Gasteiger partial charge in [-0.05, 0) is 25.0 Å². The van der Waals surface area contributed by atoms with Gasteiger partial charge < -0.3 is 14.5 Å². The first-order valence-electron chi connectivity index (χ1n) is 8.54. The highest BCUT2D eigenvalue weighted by Gasteiger charge is 2.41. The van der Waals surface area contributed by atoms with Crippen LogP contribution in [-0.4, -0.2) is 65.4 Å². The normalized spacial score (nSPS) is 24.3. The summed E-state index contributed by atoms with van der Waals surface area (Å²) in [6.45, 7) is 4.51. The third kappa shape index (κ3) is 3.50. The molecule has 0 aromatic carbocycles. The molecule has 2 aliphatic rings. The smallest absolute Gasteiger partial charge is 0.255 e. The average Bonchev–Trinajstić information content (AvgIpc) is 3.12. The molecular formula is C17H21N5O2S. The Morgan fingerprint density at radius 1 is 1.32 bits per heavy atom. The van der Waals surface area contributed by atoms with Crippen LogP contribution in [0.4, 0.5) is 5.13 Å². The summed E-state index contributed by atoms with van der Waals surface area (Å²) in [6, 6.07) is 3.63. The summed E-state index contributed by atoms with van der Waals surface area (Å²) in [4.78, 5) is 21.1. The van der Waals surface area contributed by atoms with Crippen LogP contribution in [0.5, 0.6) is 0 Å². The number of likely N-dealkylation sites (tertiary alicyclic amines) is 1.